The number of carbonyl (C=O) groups is 1. The standard InChI is InChI=1S/C11H14N2O/c1-8-10(13(2)11(14)12-8)9-6-4-3-5-7-9/h3-8,10H,1-2H3,(H,12,14)/t8-,10-/m0/s1. The largest absolute Gasteiger partial charge is 0.333 e. The van der Waals surface area contributed by atoms with Crippen molar-refractivity contribution in [3.63, 3.8) is 0 Å². The molecule has 2 rings (SSSR count). The molecular weight excluding hydrogens is 176 g/mol. The van der Waals surface area contributed by atoms with Crippen LogP contribution in [0, 0.1) is 0 Å². The zero-order valence-electron chi connectivity index (χ0n) is 8.40. The van der Waals surface area contributed by atoms with E-state index in [2.05, 4.69) is 17.4 Å². The van der Waals surface area contributed by atoms with E-state index in [1.54, 1.807) is 4.90 Å². The monoisotopic (exact) mass is 190 g/mol. The van der Waals surface area contributed by atoms with Crippen LogP contribution in [-0.2, 0) is 0 Å². The van der Waals surface area contributed by atoms with Crippen LogP contribution in [0.4, 0.5) is 4.79 Å². The highest BCUT2D eigenvalue weighted by molar-refractivity contribution is 5.77. The number of nitrogens with one attached hydrogen (secondary N) is 1. The smallest absolute Gasteiger partial charge is 0.318 e. The maximum absolute atomic E-state index is 11.4. The van der Waals surface area contributed by atoms with Gasteiger partial charge in [-0.05, 0) is 12.5 Å². The second kappa shape index (κ2) is 3.33. The molecule has 0 aliphatic carbocycles. The zero-order chi connectivity index (χ0) is 10.1. The molecule has 14 heavy (non-hydrogen) atoms. The molecule has 1 heterocycles. The maximum Gasteiger partial charge on any atom is 0.318 e. The molecule has 0 spiro atoms. The van der Waals surface area contributed by atoms with Gasteiger partial charge in [-0.25, -0.2) is 4.79 Å². The normalized spacial score (nSPS) is 26.4. The lowest BCUT2D eigenvalue weighted by atomic mass is 10.0. The molecule has 1 aliphatic rings. The fraction of sp³-hybridized carbons (Fsp3) is 0.364. The number of nitrogens with zero attached hydrogens (tertiary/aromatic N) is 1. The van der Waals surface area contributed by atoms with Crippen LogP contribution in [0.1, 0.15) is 18.5 Å². The third-order valence-electron chi connectivity index (χ3n) is 2.70. The number of hydrogen-bond donors (Lipinski definition) is 1. The van der Waals surface area contributed by atoms with Crippen molar-refractivity contribution in [3.8, 4) is 0 Å². The highest BCUT2D eigenvalue weighted by Crippen LogP contribution is 2.27. The van der Waals surface area contributed by atoms with E-state index in [0.29, 0.717) is 0 Å². The average Bonchev–Trinajstić information content (AvgIpc) is 2.43. The first kappa shape index (κ1) is 9.06. The number of likely N-dealkylation sites (N-methyl/N-ethyl adjacent to an activating group) is 1. The highest BCUT2D eigenvalue weighted by atomic mass is 16.2. The summed E-state index contributed by atoms with van der Waals surface area (Å²) in [6.07, 6.45) is 0. The van der Waals surface area contributed by atoms with Crippen molar-refractivity contribution >= 4 is 6.03 Å². The fourth-order valence-corrected chi connectivity index (χ4v) is 2.00. The van der Waals surface area contributed by atoms with Crippen molar-refractivity contribution < 1.29 is 4.79 Å². The van der Waals surface area contributed by atoms with Gasteiger partial charge >= 0.3 is 6.03 Å². The maximum atomic E-state index is 11.4. The lowest BCUT2D eigenvalue weighted by Crippen LogP contribution is -2.25. The van der Waals surface area contributed by atoms with Gasteiger partial charge in [-0.3, -0.25) is 0 Å². The lowest BCUT2D eigenvalue weighted by molar-refractivity contribution is 0.216. The van der Waals surface area contributed by atoms with Gasteiger partial charge in [0.25, 0.3) is 0 Å². The van der Waals surface area contributed by atoms with Gasteiger partial charge in [-0.15, -0.1) is 0 Å². The summed E-state index contributed by atoms with van der Waals surface area (Å²) in [5, 5.41) is 2.90. The molecule has 1 aromatic rings. The Balaban J connectivity index is 2.31. The third kappa shape index (κ3) is 1.35. The fourth-order valence-electron chi connectivity index (χ4n) is 2.00. The molecule has 74 valence electrons. The predicted molar refractivity (Wildman–Crippen MR) is 54.9 cm³/mol. The molecule has 0 saturated carbocycles. The number of amides is 2. The molecule has 0 radical (unpaired) electrons. The minimum atomic E-state index is 0.00588. The van der Waals surface area contributed by atoms with E-state index in [4.69, 9.17) is 0 Å². The van der Waals surface area contributed by atoms with Crippen LogP contribution >= 0.6 is 0 Å². The van der Waals surface area contributed by atoms with Gasteiger partial charge in [0, 0.05) is 7.05 Å². The highest BCUT2D eigenvalue weighted by Gasteiger charge is 2.34. The Morgan fingerprint density at radius 2 is 1.93 bits per heavy atom. The van der Waals surface area contributed by atoms with E-state index >= 15 is 0 Å². The molecule has 1 fully saturated rings. The van der Waals surface area contributed by atoms with Gasteiger partial charge in [-0.2, -0.15) is 0 Å². The molecule has 1 aliphatic heterocycles. The first-order valence-electron chi connectivity index (χ1n) is 4.78. The number of hydrogen-bond acceptors (Lipinski definition) is 1. The van der Waals surface area contributed by atoms with E-state index in [-0.39, 0.29) is 18.1 Å². The van der Waals surface area contributed by atoms with E-state index in [1.165, 1.54) is 5.56 Å². The van der Waals surface area contributed by atoms with Gasteiger partial charge in [0.15, 0.2) is 0 Å². The summed E-state index contributed by atoms with van der Waals surface area (Å²) in [6.45, 7) is 2.03. The summed E-state index contributed by atoms with van der Waals surface area (Å²) >= 11 is 0. The Kier molecular flexibility index (Phi) is 2.15. The van der Waals surface area contributed by atoms with Crippen LogP contribution < -0.4 is 5.32 Å². The molecule has 3 nitrogen and oxygen atoms in total. The average molecular weight is 190 g/mol. The Morgan fingerprint density at radius 3 is 2.43 bits per heavy atom. The quantitative estimate of drug-likeness (QED) is 0.719. The second-order valence-electron chi connectivity index (χ2n) is 3.70. The van der Waals surface area contributed by atoms with E-state index in [9.17, 15) is 4.79 Å². The van der Waals surface area contributed by atoms with E-state index in [1.807, 2.05) is 32.2 Å². The summed E-state index contributed by atoms with van der Waals surface area (Å²) in [5.74, 6) is 0. The number of benzene rings is 1. The summed E-state index contributed by atoms with van der Waals surface area (Å²) in [4.78, 5) is 13.1. The van der Waals surface area contributed by atoms with Gasteiger partial charge in [0.05, 0.1) is 12.1 Å². The Labute approximate surface area is 83.7 Å². The molecule has 2 amide bonds. The molecule has 0 bridgehead atoms. The number of rotatable bonds is 1. The van der Waals surface area contributed by atoms with Gasteiger partial charge in [-0.1, -0.05) is 30.3 Å². The predicted octanol–water partition coefficient (Wildman–Crippen LogP) is 1.77. The molecular formula is C11H14N2O. The zero-order valence-corrected chi connectivity index (χ0v) is 8.40. The molecule has 0 unspecified atom stereocenters. The van der Waals surface area contributed by atoms with Crippen LogP contribution in [0.2, 0.25) is 0 Å². The van der Waals surface area contributed by atoms with Gasteiger partial charge in [0.1, 0.15) is 0 Å². The molecule has 1 aromatic carbocycles. The van der Waals surface area contributed by atoms with E-state index < -0.39 is 0 Å². The van der Waals surface area contributed by atoms with Crippen molar-refractivity contribution in [2.24, 2.45) is 0 Å². The van der Waals surface area contributed by atoms with Gasteiger partial charge < -0.3 is 10.2 Å². The summed E-state index contributed by atoms with van der Waals surface area (Å²) in [7, 11) is 1.83. The van der Waals surface area contributed by atoms with Crippen LogP contribution in [0.15, 0.2) is 30.3 Å². The Bertz CT molecular complexity index is 336. The SMILES string of the molecule is C[C@@H]1NC(=O)N(C)[C@@H]1c1ccccc1. The molecule has 1 saturated heterocycles. The molecule has 1 N–H and O–H groups in total. The Morgan fingerprint density at radius 1 is 1.29 bits per heavy atom. The molecule has 0 aromatic heterocycles. The minimum absolute atomic E-state index is 0.00588. The van der Waals surface area contributed by atoms with E-state index in [0.717, 1.165) is 0 Å². The number of urea groups is 1. The van der Waals surface area contributed by atoms with Crippen molar-refractivity contribution in [1.29, 1.82) is 0 Å². The van der Waals surface area contributed by atoms with Crippen molar-refractivity contribution in [2.75, 3.05) is 7.05 Å². The number of carbonyl (C=O) groups excluding carboxylic acids is 1. The Hall–Kier alpha value is -1.51. The van der Waals surface area contributed by atoms with Crippen molar-refractivity contribution in [3.05, 3.63) is 35.9 Å². The van der Waals surface area contributed by atoms with Crippen LogP contribution in [-0.4, -0.2) is 24.0 Å². The van der Waals surface area contributed by atoms with Crippen LogP contribution in [0.25, 0.3) is 0 Å². The minimum Gasteiger partial charge on any atom is -0.333 e. The summed E-state index contributed by atoms with van der Waals surface area (Å²) in [6, 6.07) is 10.4. The third-order valence-corrected chi connectivity index (χ3v) is 2.70. The van der Waals surface area contributed by atoms with Gasteiger partial charge in [0.2, 0.25) is 0 Å². The van der Waals surface area contributed by atoms with Crippen LogP contribution in [0.3, 0.4) is 0 Å². The summed E-state index contributed by atoms with van der Waals surface area (Å²) in [5.41, 5.74) is 1.18. The lowest BCUT2D eigenvalue weighted by Gasteiger charge is -2.21. The molecule has 2 atom stereocenters. The second-order valence-corrected chi connectivity index (χ2v) is 3.70. The summed E-state index contributed by atoms with van der Waals surface area (Å²) < 4.78 is 0. The topological polar surface area (TPSA) is 32.3 Å². The first-order valence-corrected chi connectivity index (χ1v) is 4.78. The first-order chi connectivity index (χ1) is 6.70. The molecule has 3 heteroatoms. The van der Waals surface area contributed by atoms with Crippen LogP contribution in [0.5, 0.6) is 0 Å². The van der Waals surface area contributed by atoms with Crippen molar-refractivity contribution in [2.45, 2.75) is 19.0 Å². The van der Waals surface area contributed by atoms with Crippen molar-refractivity contribution in [1.82, 2.24) is 10.2 Å².